The maximum absolute atomic E-state index is 12.9. The number of methoxy groups -OCH3 is 1. The third-order valence-corrected chi connectivity index (χ3v) is 6.00. The minimum absolute atomic E-state index is 0.0353. The van der Waals surface area contributed by atoms with Crippen LogP contribution in [0.5, 0.6) is 11.5 Å². The maximum atomic E-state index is 12.9. The number of anilines is 1. The smallest absolute Gasteiger partial charge is 0.298 e. The molecule has 0 radical (unpaired) electrons. The summed E-state index contributed by atoms with van der Waals surface area (Å²) in [5, 5.41) is 11.6. The van der Waals surface area contributed by atoms with Crippen LogP contribution in [0.1, 0.15) is 11.1 Å². The van der Waals surface area contributed by atoms with E-state index < -0.39 is 16.1 Å². The van der Waals surface area contributed by atoms with Gasteiger partial charge < -0.3 is 9.47 Å². The molecule has 1 aliphatic heterocycles. The van der Waals surface area contributed by atoms with Crippen molar-refractivity contribution < 1.29 is 24.0 Å². The number of rotatable bonds is 7. The van der Waals surface area contributed by atoms with Crippen LogP contribution in [-0.2, 0) is 11.4 Å². The number of imide groups is 1. The number of nitrogens with zero attached hydrogens (tertiary/aromatic N) is 2. The predicted octanol–water partition coefficient (Wildman–Crippen LogP) is 6.08. The van der Waals surface area contributed by atoms with Gasteiger partial charge in [-0.3, -0.25) is 19.7 Å². The van der Waals surface area contributed by atoms with Crippen LogP contribution in [0.2, 0.25) is 5.02 Å². The van der Waals surface area contributed by atoms with Gasteiger partial charge in [0.2, 0.25) is 0 Å². The fourth-order valence-corrected chi connectivity index (χ4v) is 4.31. The second-order valence-electron chi connectivity index (χ2n) is 7.09. The zero-order chi connectivity index (χ0) is 24.2. The Morgan fingerprint density at radius 1 is 1.06 bits per heavy atom. The number of nitro benzene ring substituents is 1. The van der Waals surface area contributed by atoms with Crippen molar-refractivity contribution in [2.75, 3.05) is 12.0 Å². The van der Waals surface area contributed by atoms with E-state index in [1.165, 1.54) is 31.4 Å². The molecule has 3 aromatic rings. The van der Waals surface area contributed by atoms with E-state index in [-0.39, 0.29) is 34.3 Å². The molecular formula is C24H17ClN2O6S. The number of carbonyl (C=O) groups excluding carboxylic acids is 2. The molecule has 4 rings (SSSR count). The van der Waals surface area contributed by atoms with Crippen LogP contribution in [-0.4, -0.2) is 23.2 Å². The largest absolute Gasteiger partial charge is 0.493 e. The van der Waals surface area contributed by atoms with Crippen LogP contribution >= 0.6 is 23.4 Å². The van der Waals surface area contributed by atoms with Crippen LogP contribution in [0.25, 0.3) is 6.08 Å². The van der Waals surface area contributed by atoms with Crippen LogP contribution in [0.4, 0.5) is 16.2 Å². The molecule has 3 aromatic carbocycles. The number of ether oxygens (including phenoxy) is 2. The van der Waals surface area contributed by atoms with Crippen LogP contribution in [0.3, 0.4) is 0 Å². The standard InChI is InChI=1S/C24H17ClN2O6S/c1-32-20-10-16(19(27(30)31)13-21(20)33-14-15-6-3-2-4-7-15)11-22-23(28)26(24(29)34-22)18-9-5-8-17(25)12-18/h2-13H,14H2,1H3/b22-11+. The zero-order valence-electron chi connectivity index (χ0n) is 17.8. The summed E-state index contributed by atoms with van der Waals surface area (Å²) in [6.07, 6.45) is 1.30. The molecule has 0 N–H and O–H groups in total. The van der Waals surface area contributed by atoms with Gasteiger partial charge in [-0.1, -0.05) is 48.0 Å². The van der Waals surface area contributed by atoms with Gasteiger partial charge in [0.05, 0.1) is 34.3 Å². The quantitative estimate of drug-likeness (QED) is 0.222. The third-order valence-electron chi connectivity index (χ3n) is 4.89. The average Bonchev–Trinajstić information content (AvgIpc) is 3.10. The van der Waals surface area contributed by atoms with Gasteiger partial charge >= 0.3 is 0 Å². The molecule has 1 saturated heterocycles. The number of amides is 2. The monoisotopic (exact) mass is 496 g/mol. The van der Waals surface area contributed by atoms with Gasteiger partial charge in [0.1, 0.15) is 6.61 Å². The van der Waals surface area contributed by atoms with Gasteiger partial charge in [-0.25, -0.2) is 4.90 Å². The number of benzene rings is 3. The van der Waals surface area contributed by atoms with E-state index in [4.69, 9.17) is 21.1 Å². The van der Waals surface area contributed by atoms with Crippen molar-refractivity contribution in [1.29, 1.82) is 0 Å². The lowest BCUT2D eigenvalue weighted by atomic mass is 10.1. The SMILES string of the molecule is COc1cc(/C=C2/SC(=O)N(c3cccc(Cl)c3)C2=O)c([N+](=O)[O-])cc1OCc1ccccc1. The Labute approximate surface area is 203 Å². The van der Waals surface area contributed by atoms with Crippen molar-refractivity contribution in [3.05, 3.63) is 97.9 Å². The summed E-state index contributed by atoms with van der Waals surface area (Å²) >= 11 is 6.67. The number of thioether (sulfide) groups is 1. The van der Waals surface area contributed by atoms with E-state index in [0.717, 1.165) is 10.5 Å². The van der Waals surface area contributed by atoms with Gasteiger partial charge in [-0.2, -0.15) is 0 Å². The highest BCUT2D eigenvalue weighted by molar-refractivity contribution is 8.19. The summed E-state index contributed by atoms with van der Waals surface area (Å²) in [6.45, 7) is 0.187. The molecule has 0 atom stereocenters. The normalized spacial score (nSPS) is 14.5. The molecule has 172 valence electrons. The van der Waals surface area contributed by atoms with E-state index >= 15 is 0 Å². The molecule has 0 aliphatic carbocycles. The Hall–Kier alpha value is -3.82. The number of halogens is 1. The number of hydrogen-bond donors (Lipinski definition) is 0. The molecule has 8 nitrogen and oxygen atoms in total. The summed E-state index contributed by atoms with van der Waals surface area (Å²) in [7, 11) is 1.41. The Morgan fingerprint density at radius 3 is 2.50 bits per heavy atom. The Bertz CT molecular complexity index is 1310. The molecule has 1 heterocycles. The molecular weight excluding hydrogens is 480 g/mol. The lowest BCUT2D eigenvalue weighted by Crippen LogP contribution is -2.27. The first-order valence-electron chi connectivity index (χ1n) is 9.94. The summed E-state index contributed by atoms with van der Waals surface area (Å²) in [5.41, 5.74) is 1.00. The third kappa shape index (κ3) is 4.90. The number of nitro groups is 1. The molecule has 1 fully saturated rings. The van der Waals surface area contributed by atoms with Crippen LogP contribution in [0.15, 0.2) is 71.6 Å². The van der Waals surface area contributed by atoms with Gasteiger partial charge in [-0.05, 0) is 47.7 Å². The zero-order valence-corrected chi connectivity index (χ0v) is 19.3. The van der Waals surface area contributed by atoms with E-state index in [0.29, 0.717) is 22.5 Å². The van der Waals surface area contributed by atoms with Crippen LogP contribution in [0, 0.1) is 10.1 Å². The lowest BCUT2D eigenvalue weighted by Gasteiger charge is -2.13. The van der Waals surface area contributed by atoms with Crippen molar-refractivity contribution in [3.8, 4) is 11.5 Å². The molecule has 1 aliphatic rings. The molecule has 0 spiro atoms. The predicted molar refractivity (Wildman–Crippen MR) is 130 cm³/mol. The molecule has 0 unspecified atom stereocenters. The van der Waals surface area contributed by atoms with Crippen LogP contribution < -0.4 is 14.4 Å². The molecule has 2 amide bonds. The first-order chi connectivity index (χ1) is 16.4. The first kappa shape index (κ1) is 23.3. The summed E-state index contributed by atoms with van der Waals surface area (Å²) in [5.74, 6) is -0.168. The number of carbonyl (C=O) groups is 2. The highest BCUT2D eigenvalue weighted by Gasteiger charge is 2.37. The second kappa shape index (κ2) is 9.98. The van der Waals surface area contributed by atoms with Gasteiger partial charge in [0.15, 0.2) is 11.5 Å². The first-order valence-corrected chi connectivity index (χ1v) is 11.1. The Balaban J connectivity index is 1.67. The Morgan fingerprint density at radius 2 is 1.82 bits per heavy atom. The van der Waals surface area contributed by atoms with E-state index in [1.807, 2.05) is 30.3 Å². The molecule has 0 saturated carbocycles. The van der Waals surface area contributed by atoms with Gasteiger partial charge in [-0.15, -0.1) is 0 Å². The Kier molecular flexibility index (Phi) is 6.85. The molecule has 10 heteroatoms. The average molecular weight is 497 g/mol. The fourth-order valence-electron chi connectivity index (χ4n) is 3.29. The van der Waals surface area contributed by atoms with Gasteiger partial charge in [0.25, 0.3) is 16.8 Å². The summed E-state index contributed by atoms with van der Waals surface area (Å²) in [4.78, 5) is 37.7. The minimum atomic E-state index is -0.602. The molecule has 34 heavy (non-hydrogen) atoms. The summed E-state index contributed by atoms with van der Waals surface area (Å²) in [6, 6.07) is 18.3. The van der Waals surface area contributed by atoms with Crippen molar-refractivity contribution >= 4 is 52.0 Å². The number of hydrogen-bond acceptors (Lipinski definition) is 7. The molecule has 0 aromatic heterocycles. The van der Waals surface area contributed by atoms with Crippen molar-refractivity contribution in [2.45, 2.75) is 6.61 Å². The topological polar surface area (TPSA) is 99.0 Å². The molecule has 0 bridgehead atoms. The van der Waals surface area contributed by atoms with Crippen molar-refractivity contribution in [3.63, 3.8) is 0 Å². The van der Waals surface area contributed by atoms with E-state index in [2.05, 4.69) is 0 Å². The minimum Gasteiger partial charge on any atom is -0.493 e. The van der Waals surface area contributed by atoms with E-state index in [1.54, 1.807) is 18.2 Å². The van der Waals surface area contributed by atoms with E-state index in [9.17, 15) is 19.7 Å². The van der Waals surface area contributed by atoms with Crippen molar-refractivity contribution in [1.82, 2.24) is 0 Å². The van der Waals surface area contributed by atoms with Crippen molar-refractivity contribution in [2.24, 2.45) is 0 Å². The second-order valence-corrected chi connectivity index (χ2v) is 8.52. The maximum Gasteiger partial charge on any atom is 0.298 e. The lowest BCUT2D eigenvalue weighted by molar-refractivity contribution is -0.385. The highest BCUT2D eigenvalue weighted by atomic mass is 35.5. The summed E-state index contributed by atoms with van der Waals surface area (Å²) < 4.78 is 11.1. The highest BCUT2D eigenvalue weighted by Crippen LogP contribution is 2.40. The fraction of sp³-hybridized carbons (Fsp3) is 0.0833. The van der Waals surface area contributed by atoms with Gasteiger partial charge in [0, 0.05) is 5.02 Å².